The smallest absolute Gasteiger partial charge is 0.251 e. The molecule has 0 aliphatic carbocycles. The van der Waals surface area contributed by atoms with Crippen LogP contribution in [0.5, 0.6) is 17.2 Å². The van der Waals surface area contributed by atoms with Crippen LogP contribution in [0.15, 0.2) is 36.7 Å². The number of aromatic nitrogens is 4. The van der Waals surface area contributed by atoms with Gasteiger partial charge < -0.3 is 24.3 Å². The predicted octanol–water partition coefficient (Wildman–Crippen LogP) is 2.33. The first-order valence-corrected chi connectivity index (χ1v) is 12.4. The van der Waals surface area contributed by atoms with E-state index in [0.29, 0.717) is 67.0 Å². The van der Waals surface area contributed by atoms with Gasteiger partial charge in [0, 0.05) is 50.4 Å². The molecule has 11 nitrogen and oxygen atoms in total. The molecule has 1 fully saturated rings. The van der Waals surface area contributed by atoms with Crippen molar-refractivity contribution in [2.75, 3.05) is 33.9 Å². The van der Waals surface area contributed by atoms with Gasteiger partial charge in [-0.25, -0.2) is 0 Å². The third kappa shape index (κ3) is 5.79. The molecule has 2 aliphatic heterocycles. The first-order valence-electron chi connectivity index (χ1n) is 12.1. The molecule has 1 N–H and O–H groups in total. The molecule has 1 saturated heterocycles. The standard InChI is InChI=1S/C25H29ClN6O5/c1-34-21-6-7-27-20(24(21)35-2)13-31-12-19-23(14-31)37-15-17-11-32(30-29-17)8-3-9-36-22-10-16(25(33)28-19)4-5-18(22)26/h4-7,10-11,19,23H,3,8-9,12-15H2,1-2H3,(H,28,33)/t19-,23-/m0/s1. The number of carbonyl (C=O) groups excluding carboxylic acids is 1. The number of nitrogens with zero attached hydrogens (tertiary/aromatic N) is 5. The van der Waals surface area contributed by atoms with Crippen molar-refractivity contribution >= 4 is 17.5 Å². The maximum absolute atomic E-state index is 13.2. The number of benzene rings is 1. The quantitative estimate of drug-likeness (QED) is 0.545. The number of hydrogen-bond acceptors (Lipinski definition) is 9. The highest BCUT2D eigenvalue weighted by molar-refractivity contribution is 6.32. The molecule has 4 bridgehead atoms. The van der Waals surface area contributed by atoms with Gasteiger partial charge >= 0.3 is 0 Å². The van der Waals surface area contributed by atoms with Crippen molar-refractivity contribution in [3.8, 4) is 17.2 Å². The number of methoxy groups -OCH3 is 2. The van der Waals surface area contributed by atoms with E-state index in [1.807, 2.05) is 6.20 Å². The summed E-state index contributed by atoms with van der Waals surface area (Å²) < 4.78 is 24.9. The zero-order valence-corrected chi connectivity index (χ0v) is 21.5. The summed E-state index contributed by atoms with van der Waals surface area (Å²) in [5.41, 5.74) is 1.94. The molecule has 1 aromatic carbocycles. The number of nitrogens with one attached hydrogen (secondary N) is 1. The van der Waals surface area contributed by atoms with Gasteiger partial charge in [-0.2, -0.15) is 0 Å². The Kier molecular flexibility index (Phi) is 7.73. The van der Waals surface area contributed by atoms with Gasteiger partial charge in [0.15, 0.2) is 11.5 Å². The van der Waals surface area contributed by atoms with E-state index in [9.17, 15) is 4.79 Å². The van der Waals surface area contributed by atoms with Crippen molar-refractivity contribution in [2.24, 2.45) is 0 Å². The molecule has 4 heterocycles. The largest absolute Gasteiger partial charge is 0.493 e. The summed E-state index contributed by atoms with van der Waals surface area (Å²) in [4.78, 5) is 19.9. The van der Waals surface area contributed by atoms with Crippen LogP contribution in [-0.4, -0.2) is 76.8 Å². The molecule has 2 aliphatic rings. The van der Waals surface area contributed by atoms with Gasteiger partial charge in [-0.1, -0.05) is 16.8 Å². The number of hydrogen-bond donors (Lipinski definition) is 1. The molecule has 1 amide bonds. The molecular weight excluding hydrogens is 500 g/mol. The lowest BCUT2D eigenvalue weighted by molar-refractivity contribution is 0.0293. The van der Waals surface area contributed by atoms with Crippen LogP contribution in [0.4, 0.5) is 0 Å². The minimum atomic E-state index is -0.276. The van der Waals surface area contributed by atoms with Crippen LogP contribution in [-0.2, 0) is 24.4 Å². The van der Waals surface area contributed by atoms with Crippen molar-refractivity contribution in [3.05, 3.63) is 58.6 Å². The summed E-state index contributed by atoms with van der Waals surface area (Å²) in [7, 11) is 3.19. The molecule has 2 atom stereocenters. The van der Waals surface area contributed by atoms with E-state index >= 15 is 0 Å². The molecular formula is C25H29ClN6O5. The van der Waals surface area contributed by atoms with Gasteiger partial charge in [-0.15, -0.1) is 5.10 Å². The molecule has 0 unspecified atom stereocenters. The van der Waals surface area contributed by atoms with Crippen LogP contribution in [0, 0.1) is 0 Å². The molecule has 12 heteroatoms. The Morgan fingerprint density at radius 1 is 1.22 bits per heavy atom. The number of amides is 1. The van der Waals surface area contributed by atoms with Gasteiger partial charge in [-0.05, 0) is 18.2 Å². The van der Waals surface area contributed by atoms with Crippen molar-refractivity contribution in [1.29, 1.82) is 0 Å². The summed E-state index contributed by atoms with van der Waals surface area (Å²) in [5.74, 6) is 1.45. The first-order chi connectivity index (χ1) is 18.0. The van der Waals surface area contributed by atoms with Gasteiger partial charge in [-0.3, -0.25) is 19.4 Å². The SMILES string of the molecule is COc1ccnc(CN2C[C@@H]3NC(=O)c4ccc(Cl)c(c4)OCCCn4cc(nn4)CO[C@H]3C2)c1OC. The molecule has 0 spiro atoms. The fourth-order valence-electron chi connectivity index (χ4n) is 4.59. The fourth-order valence-corrected chi connectivity index (χ4v) is 4.76. The Labute approximate surface area is 219 Å². The fraction of sp³-hybridized carbons (Fsp3) is 0.440. The Morgan fingerprint density at radius 3 is 2.95 bits per heavy atom. The highest BCUT2D eigenvalue weighted by atomic mass is 35.5. The average Bonchev–Trinajstić information content (AvgIpc) is 3.51. The third-order valence-corrected chi connectivity index (χ3v) is 6.72. The maximum atomic E-state index is 13.2. The molecule has 5 rings (SSSR count). The molecule has 0 saturated carbocycles. The monoisotopic (exact) mass is 528 g/mol. The van der Waals surface area contributed by atoms with Crippen molar-refractivity contribution in [2.45, 2.75) is 38.3 Å². The second-order valence-electron chi connectivity index (χ2n) is 8.94. The van der Waals surface area contributed by atoms with Crippen LogP contribution in [0.3, 0.4) is 0 Å². The van der Waals surface area contributed by atoms with Gasteiger partial charge in [0.25, 0.3) is 5.91 Å². The number of ether oxygens (including phenoxy) is 4. The first kappa shape index (κ1) is 25.2. The van der Waals surface area contributed by atoms with Crippen LogP contribution < -0.4 is 19.5 Å². The van der Waals surface area contributed by atoms with E-state index in [0.717, 1.165) is 11.4 Å². The van der Waals surface area contributed by atoms with E-state index in [-0.39, 0.29) is 24.7 Å². The number of fused-ring (bicyclic) bond motifs is 5. The lowest BCUT2D eigenvalue weighted by atomic mass is 10.1. The number of halogens is 1. The highest BCUT2D eigenvalue weighted by Crippen LogP contribution is 2.31. The van der Waals surface area contributed by atoms with Crippen molar-refractivity contribution in [3.63, 3.8) is 0 Å². The number of pyridine rings is 1. The summed E-state index contributed by atoms with van der Waals surface area (Å²) in [6.07, 6.45) is 3.99. The highest BCUT2D eigenvalue weighted by Gasteiger charge is 2.36. The Bertz CT molecular complexity index is 1250. The van der Waals surface area contributed by atoms with Gasteiger partial charge in [0.05, 0.1) is 50.8 Å². The molecule has 3 aromatic rings. The minimum absolute atomic E-state index is 0.225. The topological polar surface area (TPSA) is 113 Å². The van der Waals surface area contributed by atoms with Crippen LogP contribution in [0.25, 0.3) is 0 Å². The molecule has 2 aromatic heterocycles. The summed E-state index contributed by atoms with van der Waals surface area (Å²) in [6.45, 7) is 2.99. The van der Waals surface area contributed by atoms with Crippen molar-refractivity contribution in [1.82, 2.24) is 30.2 Å². The van der Waals surface area contributed by atoms with Gasteiger partial charge in [0.1, 0.15) is 17.1 Å². The summed E-state index contributed by atoms with van der Waals surface area (Å²) in [6, 6.07) is 6.52. The number of carbonyl (C=O) groups is 1. The van der Waals surface area contributed by atoms with Crippen LogP contribution in [0.1, 0.15) is 28.2 Å². The minimum Gasteiger partial charge on any atom is -0.493 e. The van der Waals surface area contributed by atoms with E-state index in [4.69, 9.17) is 30.5 Å². The molecule has 0 radical (unpaired) electrons. The van der Waals surface area contributed by atoms with Crippen LogP contribution >= 0.6 is 11.6 Å². The van der Waals surface area contributed by atoms with Crippen LogP contribution in [0.2, 0.25) is 5.02 Å². The number of rotatable bonds is 4. The molecule has 37 heavy (non-hydrogen) atoms. The second-order valence-corrected chi connectivity index (χ2v) is 9.34. The summed E-state index contributed by atoms with van der Waals surface area (Å²) in [5, 5.41) is 12.0. The third-order valence-electron chi connectivity index (χ3n) is 6.41. The Hall–Kier alpha value is -3.41. The lowest BCUT2D eigenvalue weighted by Crippen LogP contribution is -2.44. The molecule has 196 valence electrons. The zero-order chi connectivity index (χ0) is 25.8. The average molecular weight is 529 g/mol. The normalized spacial score (nSPS) is 20.6. The lowest BCUT2D eigenvalue weighted by Gasteiger charge is -2.20. The maximum Gasteiger partial charge on any atom is 0.251 e. The summed E-state index contributed by atoms with van der Waals surface area (Å²) >= 11 is 6.31. The van der Waals surface area contributed by atoms with Gasteiger partial charge in [0.2, 0.25) is 0 Å². The van der Waals surface area contributed by atoms with E-state index < -0.39 is 0 Å². The number of aryl methyl sites for hydroxylation is 1. The predicted molar refractivity (Wildman–Crippen MR) is 134 cm³/mol. The zero-order valence-electron chi connectivity index (χ0n) is 20.7. The Balaban J connectivity index is 1.39. The Morgan fingerprint density at radius 2 is 2.11 bits per heavy atom. The second kappa shape index (κ2) is 11.3. The number of likely N-dealkylation sites (tertiary alicyclic amines) is 1. The van der Waals surface area contributed by atoms with Crippen molar-refractivity contribution < 1.29 is 23.7 Å². The van der Waals surface area contributed by atoms with E-state index in [2.05, 4.69) is 25.5 Å². The van der Waals surface area contributed by atoms with E-state index in [1.54, 1.807) is 49.4 Å². The van der Waals surface area contributed by atoms with E-state index in [1.165, 1.54) is 0 Å².